The number of H-pyrrole nitrogens is 1. The minimum atomic E-state index is -0.401. The number of rotatable bonds is 8. The summed E-state index contributed by atoms with van der Waals surface area (Å²) in [4.78, 5) is 14.1. The number of fused-ring (bicyclic) bond motifs is 1. The Balaban J connectivity index is 1.30. The number of aromatic amines is 1. The molecule has 0 aliphatic heterocycles. The first-order valence-corrected chi connectivity index (χ1v) is 10.9. The van der Waals surface area contributed by atoms with Gasteiger partial charge in [0.25, 0.3) is 0 Å². The summed E-state index contributed by atoms with van der Waals surface area (Å²) in [5.74, 6) is -0.0913. The van der Waals surface area contributed by atoms with Gasteiger partial charge in [-0.15, -0.1) is 0 Å². The van der Waals surface area contributed by atoms with Gasteiger partial charge in [-0.1, -0.05) is 18.2 Å². The lowest BCUT2D eigenvalue weighted by molar-refractivity contribution is 0.301. The van der Waals surface area contributed by atoms with Gasteiger partial charge >= 0.3 is 5.76 Å². The summed E-state index contributed by atoms with van der Waals surface area (Å²) >= 11 is 0. The van der Waals surface area contributed by atoms with Gasteiger partial charge in [0.1, 0.15) is 5.82 Å². The van der Waals surface area contributed by atoms with E-state index >= 15 is 0 Å². The van der Waals surface area contributed by atoms with E-state index in [0.29, 0.717) is 30.1 Å². The molecule has 1 aromatic heterocycles. The molecule has 6 heteroatoms. The summed E-state index contributed by atoms with van der Waals surface area (Å²) in [5.41, 5.74) is 9.65. The molecule has 4 N–H and O–H groups in total. The summed E-state index contributed by atoms with van der Waals surface area (Å²) in [5, 5.41) is 3.82. The van der Waals surface area contributed by atoms with Crippen molar-refractivity contribution in [2.45, 2.75) is 62.9 Å². The lowest BCUT2D eigenvalue weighted by Gasteiger charge is -2.32. The van der Waals surface area contributed by atoms with Crippen LogP contribution in [0, 0.1) is 5.82 Å². The van der Waals surface area contributed by atoms with Crippen molar-refractivity contribution in [3.05, 3.63) is 70.0 Å². The average molecular weight is 412 g/mol. The van der Waals surface area contributed by atoms with Crippen molar-refractivity contribution in [2.24, 2.45) is 5.73 Å². The second-order valence-corrected chi connectivity index (χ2v) is 8.42. The molecule has 1 saturated carbocycles. The van der Waals surface area contributed by atoms with Gasteiger partial charge in [0.15, 0.2) is 5.58 Å². The topological polar surface area (TPSA) is 84.0 Å². The van der Waals surface area contributed by atoms with Crippen molar-refractivity contribution in [3.8, 4) is 0 Å². The van der Waals surface area contributed by atoms with E-state index in [0.717, 1.165) is 56.0 Å². The highest BCUT2D eigenvalue weighted by Gasteiger charge is 2.24. The van der Waals surface area contributed by atoms with Crippen LogP contribution in [0.3, 0.4) is 0 Å². The van der Waals surface area contributed by atoms with Crippen LogP contribution >= 0.6 is 0 Å². The quantitative estimate of drug-likeness (QED) is 0.518. The number of nitrogens with one attached hydrogen (secondary N) is 2. The predicted octanol–water partition coefficient (Wildman–Crippen LogP) is 4.23. The van der Waals surface area contributed by atoms with Crippen molar-refractivity contribution >= 4 is 11.1 Å². The minimum absolute atomic E-state index is 0.190. The third-order valence-electron chi connectivity index (χ3n) is 6.32. The number of aryl methyl sites for hydroxylation is 1. The van der Waals surface area contributed by atoms with E-state index in [1.54, 1.807) is 0 Å². The average Bonchev–Trinajstić information content (AvgIpc) is 3.13. The van der Waals surface area contributed by atoms with Gasteiger partial charge in [-0.3, -0.25) is 4.98 Å². The Morgan fingerprint density at radius 3 is 2.60 bits per heavy atom. The van der Waals surface area contributed by atoms with Crippen LogP contribution in [0.1, 0.15) is 55.6 Å². The largest absolute Gasteiger partial charge is 0.417 e. The monoisotopic (exact) mass is 411 g/mol. The molecule has 3 aromatic rings. The molecule has 2 aromatic carbocycles. The van der Waals surface area contributed by atoms with Gasteiger partial charge in [0.2, 0.25) is 0 Å². The maximum absolute atomic E-state index is 13.1. The van der Waals surface area contributed by atoms with Crippen LogP contribution < -0.4 is 16.8 Å². The predicted molar refractivity (Wildman–Crippen MR) is 117 cm³/mol. The first-order valence-electron chi connectivity index (χ1n) is 10.9. The zero-order valence-corrected chi connectivity index (χ0v) is 17.2. The van der Waals surface area contributed by atoms with E-state index in [1.807, 2.05) is 24.3 Å². The van der Waals surface area contributed by atoms with Crippen molar-refractivity contribution in [3.63, 3.8) is 0 Å². The summed E-state index contributed by atoms with van der Waals surface area (Å²) < 4.78 is 18.3. The fourth-order valence-electron chi connectivity index (χ4n) is 4.65. The molecule has 0 radical (unpaired) electrons. The first kappa shape index (κ1) is 20.8. The van der Waals surface area contributed by atoms with Crippen LogP contribution in [0.25, 0.3) is 11.1 Å². The second-order valence-electron chi connectivity index (χ2n) is 8.42. The molecule has 1 aliphatic carbocycles. The third kappa shape index (κ3) is 5.18. The Kier molecular flexibility index (Phi) is 6.65. The maximum atomic E-state index is 13.1. The highest BCUT2D eigenvalue weighted by atomic mass is 19.1. The van der Waals surface area contributed by atoms with E-state index < -0.39 is 5.76 Å². The lowest BCUT2D eigenvalue weighted by atomic mass is 9.81. The molecule has 5 nitrogen and oxygen atoms in total. The van der Waals surface area contributed by atoms with E-state index in [4.69, 9.17) is 10.2 Å². The number of oxazole rings is 1. The highest BCUT2D eigenvalue weighted by Crippen LogP contribution is 2.34. The molecule has 30 heavy (non-hydrogen) atoms. The Morgan fingerprint density at radius 1 is 1.10 bits per heavy atom. The number of halogens is 1. The highest BCUT2D eigenvalue weighted by molar-refractivity contribution is 5.72. The van der Waals surface area contributed by atoms with Crippen LogP contribution in [0.15, 0.2) is 51.7 Å². The van der Waals surface area contributed by atoms with Crippen LogP contribution in [-0.2, 0) is 6.42 Å². The zero-order valence-electron chi connectivity index (χ0n) is 17.2. The standard InChI is InChI=1S/C24H30FN3O2/c25-19-7-1-16(2-8-19)3-9-21(13-14-26)27-20-10-4-17(5-11-20)18-6-12-22-23(15-18)30-24(29)28-22/h1-2,6-8,12,15,17,20-21,27H,3-5,9-11,13-14,26H2,(H,28,29)/t17-,20-,21?. The van der Waals surface area contributed by atoms with Crippen molar-refractivity contribution in [1.29, 1.82) is 0 Å². The first-order chi connectivity index (χ1) is 14.6. The number of hydrogen-bond acceptors (Lipinski definition) is 4. The van der Waals surface area contributed by atoms with E-state index in [9.17, 15) is 9.18 Å². The summed E-state index contributed by atoms with van der Waals surface area (Å²) in [7, 11) is 0. The fourth-order valence-corrected chi connectivity index (χ4v) is 4.65. The van der Waals surface area contributed by atoms with E-state index in [2.05, 4.69) is 16.4 Å². The lowest BCUT2D eigenvalue weighted by Crippen LogP contribution is -2.41. The third-order valence-corrected chi connectivity index (χ3v) is 6.32. The number of nitrogens with two attached hydrogens (primary N) is 1. The number of hydrogen-bond donors (Lipinski definition) is 3. The smallest absolute Gasteiger partial charge is 0.408 e. The molecule has 0 amide bonds. The molecule has 1 atom stereocenters. The van der Waals surface area contributed by atoms with Gasteiger partial charge < -0.3 is 15.5 Å². The van der Waals surface area contributed by atoms with Gasteiger partial charge in [-0.25, -0.2) is 9.18 Å². The normalized spacial score (nSPS) is 20.5. The second kappa shape index (κ2) is 9.58. The molecule has 1 unspecified atom stereocenters. The molecular weight excluding hydrogens is 381 g/mol. The van der Waals surface area contributed by atoms with Crippen LogP contribution in [0.2, 0.25) is 0 Å². The van der Waals surface area contributed by atoms with Crippen LogP contribution in [0.4, 0.5) is 4.39 Å². The van der Waals surface area contributed by atoms with E-state index in [-0.39, 0.29) is 5.82 Å². The van der Waals surface area contributed by atoms with Crippen molar-refractivity contribution < 1.29 is 8.81 Å². The Labute approximate surface area is 175 Å². The molecule has 1 fully saturated rings. The Bertz CT molecular complexity index is 1000. The van der Waals surface area contributed by atoms with Crippen LogP contribution in [-0.4, -0.2) is 23.6 Å². The van der Waals surface area contributed by atoms with Crippen molar-refractivity contribution in [2.75, 3.05) is 6.54 Å². The minimum Gasteiger partial charge on any atom is -0.408 e. The summed E-state index contributed by atoms with van der Waals surface area (Å²) in [6, 6.07) is 13.7. The van der Waals surface area contributed by atoms with Crippen molar-refractivity contribution in [1.82, 2.24) is 10.3 Å². The molecule has 0 bridgehead atoms. The SMILES string of the molecule is NCCC(CCc1ccc(F)cc1)N[C@H]1CC[C@H](c2ccc3[nH]c(=O)oc3c2)CC1. The summed E-state index contributed by atoms with van der Waals surface area (Å²) in [6.45, 7) is 0.665. The molecule has 1 aliphatic rings. The zero-order chi connectivity index (χ0) is 20.9. The molecule has 4 rings (SSSR count). The molecule has 160 valence electrons. The number of benzene rings is 2. The molecule has 0 saturated heterocycles. The Hall–Kier alpha value is -2.44. The van der Waals surface area contributed by atoms with E-state index in [1.165, 1.54) is 17.7 Å². The van der Waals surface area contributed by atoms with Crippen LogP contribution in [0.5, 0.6) is 0 Å². The molecule has 1 heterocycles. The molecular formula is C24H30FN3O2. The Morgan fingerprint density at radius 2 is 1.87 bits per heavy atom. The fraction of sp³-hybridized carbons (Fsp3) is 0.458. The summed E-state index contributed by atoms with van der Waals surface area (Å²) in [6.07, 6.45) is 7.36. The number of aromatic nitrogens is 1. The van der Waals surface area contributed by atoms with Gasteiger partial charge in [0, 0.05) is 12.1 Å². The maximum Gasteiger partial charge on any atom is 0.417 e. The van der Waals surface area contributed by atoms with Gasteiger partial charge in [-0.2, -0.15) is 0 Å². The van der Waals surface area contributed by atoms with Gasteiger partial charge in [-0.05, 0) is 92.8 Å². The van der Waals surface area contributed by atoms with Gasteiger partial charge in [0.05, 0.1) is 5.52 Å². The molecule has 0 spiro atoms.